The van der Waals surface area contributed by atoms with Gasteiger partial charge in [0.05, 0.1) is 13.7 Å². The number of aromatic hydroxyl groups is 1. The largest absolute Gasteiger partial charge is 0.508 e. The number of hydrogen-bond acceptors (Lipinski definition) is 8. The van der Waals surface area contributed by atoms with Crippen LogP contribution in [0.1, 0.15) is 52.1 Å². The van der Waals surface area contributed by atoms with Crippen molar-refractivity contribution in [2.75, 3.05) is 26.8 Å². The Kier molecular flexibility index (Phi) is 11.3. The highest BCUT2D eigenvalue weighted by Crippen LogP contribution is 2.26. The van der Waals surface area contributed by atoms with Gasteiger partial charge in [-0.1, -0.05) is 25.5 Å². The van der Waals surface area contributed by atoms with Crippen LogP contribution in [0.25, 0.3) is 0 Å². The number of rotatable bonds is 11. The van der Waals surface area contributed by atoms with Gasteiger partial charge in [-0.15, -0.1) is 0 Å². The van der Waals surface area contributed by atoms with Gasteiger partial charge < -0.3 is 35.2 Å². The summed E-state index contributed by atoms with van der Waals surface area (Å²) in [7, 11) is 1.17. The topological polar surface area (TPSA) is 154 Å². The number of nitrogens with one attached hydrogen (secondary N) is 2. The van der Waals surface area contributed by atoms with Crippen LogP contribution in [-0.4, -0.2) is 77.4 Å². The fourth-order valence-corrected chi connectivity index (χ4v) is 3.03. The lowest BCUT2D eigenvalue weighted by atomic mass is 10.0. The molecule has 0 aliphatic carbocycles. The Balaban J connectivity index is 3.34. The molecule has 3 amide bonds. The Hall–Kier alpha value is -3.34. The van der Waals surface area contributed by atoms with E-state index in [9.17, 15) is 29.4 Å². The van der Waals surface area contributed by atoms with Gasteiger partial charge in [0.2, 0.25) is 11.8 Å². The molecule has 1 rings (SSSR count). The zero-order valence-electron chi connectivity index (χ0n) is 20.3. The number of benzene rings is 1. The predicted molar refractivity (Wildman–Crippen MR) is 123 cm³/mol. The molecule has 0 heterocycles. The highest BCUT2D eigenvalue weighted by atomic mass is 16.6. The Morgan fingerprint density at radius 2 is 1.85 bits per heavy atom. The molecule has 0 saturated heterocycles. The van der Waals surface area contributed by atoms with Crippen LogP contribution in [0, 0.1) is 0 Å². The Bertz CT molecular complexity index is 853. The van der Waals surface area contributed by atoms with E-state index in [0.717, 1.165) is 0 Å². The number of carbonyl (C=O) groups is 4. The van der Waals surface area contributed by atoms with Crippen LogP contribution in [0.5, 0.6) is 5.75 Å². The van der Waals surface area contributed by atoms with Gasteiger partial charge in [0.25, 0.3) is 0 Å². The summed E-state index contributed by atoms with van der Waals surface area (Å²) in [6, 6.07) is 3.14. The molecule has 2 atom stereocenters. The van der Waals surface area contributed by atoms with Gasteiger partial charge in [-0.05, 0) is 44.9 Å². The fraction of sp³-hybridized carbons (Fsp3) is 0.565. The molecular weight excluding hydrogens is 446 g/mol. The van der Waals surface area contributed by atoms with Crippen molar-refractivity contribution in [1.82, 2.24) is 15.5 Å². The summed E-state index contributed by atoms with van der Waals surface area (Å²) in [4.78, 5) is 51.5. The van der Waals surface area contributed by atoms with E-state index in [1.165, 1.54) is 30.2 Å². The van der Waals surface area contributed by atoms with Crippen LogP contribution in [0.2, 0.25) is 0 Å². The number of alkyl carbamates (subject to hydrolysis) is 1. The first-order valence-corrected chi connectivity index (χ1v) is 11.0. The van der Waals surface area contributed by atoms with E-state index in [2.05, 4.69) is 15.4 Å². The van der Waals surface area contributed by atoms with Gasteiger partial charge in [0, 0.05) is 6.54 Å². The Morgan fingerprint density at radius 1 is 1.18 bits per heavy atom. The smallest absolute Gasteiger partial charge is 0.408 e. The average molecular weight is 482 g/mol. The lowest BCUT2D eigenvalue weighted by molar-refractivity contribution is -0.145. The van der Waals surface area contributed by atoms with Crippen LogP contribution >= 0.6 is 0 Å². The van der Waals surface area contributed by atoms with E-state index in [4.69, 9.17) is 4.74 Å². The molecule has 0 aliphatic rings. The maximum atomic E-state index is 13.4. The van der Waals surface area contributed by atoms with Crippen LogP contribution in [-0.2, 0) is 23.9 Å². The number of ether oxygens (including phenoxy) is 2. The van der Waals surface area contributed by atoms with Gasteiger partial charge in [-0.3, -0.25) is 14.4 Å². The molecular formula is C23H35N3O8. The third-order valence-electron chi connectivity index (χ3n) is 4.59. The molecule has 11 heteroatoms. The molecule has 0 saturated carbocycles. The highest BCUT2D eigenvalue weighted by Gasteiger charge is 2.36. The van der Waals surface area contributed by atoms with Crippen LogP contribution in [0.15, 0.2) is 24.3 Å². The third-order valence-corrected chi connectivity index (χ3v) is 4.59. The minimum Gasteiger partial charge on any atom is -0.508 e. The lowest BCUT2D eigenvalue weighted by Gasteiger charge is -2.34. The number of phenolic OH excluding ortho intramolecular Hbond substituents is 1. The predicted octanol–water partition coefficient (Wildman–Crippen LogP) is 1.24. The maximum Gasteiger partial charge on any atom is 0.408 e. The number of phenols is 1. The summed E-state index contributed by atoms with van der Waals surface area (Å²) in [5, 5.41) is 24.6. The number of esters is 1. The van der Waals surface area contributed by atoms with E-state index >= 15 is 0 Å². The standard InChI is InChI=1S/C23H35N3O8/c1-6-7-11-26(21(31)17(14-27)25-22(32)34-23(2,3)4)19(15-9-8-10-16(28)12-15)20(30)24-13-18(29)33-5/h8-10,12,17,19,27-28H,6-7,11,13-14H2,1-5H3,(H,24,30)(H,25,32). The van der Waals surface area contributed by atoms with Crippen LogP contribution in [0.4, 0.5) is 4.79 Å². The molecule has 34 heavy (non-hydrogen) atoms. The van der Waals surface area contributed by atoms with Gasteiger partial charge in [0.15, 0.2) is 0 Å². The van der Waals surface area contributed by atoms with Crippen molar-refractivity contribution in [3.63, 3.8) is 0 Å². The second-order valence-electron chi connectivity index (χ2n) is 8.56. The number of aliphatic hydroxyl groups excluding tert-OH is 1. The summed E-state index contributed by atoms with van der Waals surface area (Å²) < 4.78 is 9.72. The number of aliphatic hydroxyl groups is 1. The van der Waals surface area contributed by atoms with Gasteiger partial charge in [-0.2, -0.15) is 0 Å². The number of hydrogen-bond donors (Lipinski definition) is 4. The summed E-state index contributed by atoms with van der Waals surface area (Å²) in [6.45, 7) is 5.79. The highest BCUT2D eigenvalue weighted by molar-refractivity contribution is 5.93. The SMILES string of the molecule is CCCCN(C(=O)C(CO)NC(=O)OC(C)(C)C)C(C(=O)NCC(=O)OC)c1cccc(O)c1. The van der Waals surface area contributed by atoms with Gasteiger partial charge >= 0.3 is 12.1 Å². The number of nitrogens with zero attached hydrogens (tertiary/aromatic N) is 1. The number of methoxy groups -OCH3 is 1. The first-order chi connectivity index (χ1) is 15.9. The zero-order chi connectivity index (χ0) is 25.9. The molecule has 1 aromatic carbocycles. The normalized spacial score (nSPS) is 12.8. The van der Waals surface area contributed by atoms with Crippen molar-refractivity contribution in [1.29, 1.82) is 0 Å². The van der Waals surface area contributed by atoms with E-state index in [1.807, 2.05) is 6.92 Å². The van der Waals surface area contributed by atoms with Crippen LogP contribution < -0.4 is 10.6 Å². The summed E-state index contributed by atoms with van der Waals surface area (Å²) in [5.74, 6) is -2.25. The molecule has 0 fully saturated rings. The van der Waals surface area contributed by atoms with E-state index < -0.39 is 54.7 Å². The van der Waals surface area contributed by atoms with E-state index in [-0.39, 0.29) is 17.9 Å². The first-order valence-electron chi connectivity index (χ1n) is 11.0. The third kappa shape index (κ3) is 9.26. The maximum absolute atomic E-state index is 13.4. The molecule has 0 spiro atoms. The van der Waals surface area contributed by atoms with Gasteiger partial charge in [-0.25, -0.2) is 4.79 Å². The van der Waals surface area contributed by atoms with Crippen molar-refractivity contribution < 1.29 is 38.9 Å². The van der Waals surface area contributed by atoms with E-state index in [1.54, 1.807) is 26.8 Å². The number of amides is 3. The molecule has 190 valence electrons. The molecule has 11 nitrogen and oxygen atoms in total. The minimum atomic E-state index is -1.39. The molecule has 0 aromatic heterocycles. The fourth-order valence-electron chi connectivity index (χ4n) is 3.03. The first kappa shape index (κ1) is 28.7. The van der Waals surface area contributed by atoms with Crippen LogP contribution in [0.3, 0.4) is 0 Å². The zero-order valence-corrected chi connectivity index (χ0v) is 20.3. The van der Waals surface area contributed by atoms with Crippen molar-refractivity contribution in [2.24, 2.45) is 0 Å². The second-order valence-corrected chi connectivity index (χ2v) is 8.56. The summed E-state index contributed by atoms with van der Waals surface area (Å²) in [5.41, 5.74) is -0.548. The monoisotopic (exact) mass is 481 g/mol. The molecule has 0 aliphatic heterocycles. The molecule has 0 bridgehead atoms. The molecule has 1 aromatic rings. The number of unbranched alkanes of at least 4 members (excludes halogenated alkanes) is 1. The van der Waals surface area contributed by atoms with Crippen molar-refractivity contribution in [2.45, 2.75) is 58.2 Å². The Labute approximate surface area is 199 Å². The number of carbonyl (C=O) groups excluding carboxylic acids is 4. The van der Waals surface area contributed by atoms with E-state index in [0.29, 0.717) is 12.8 Å². The van der Waals surface area contributed by atoms with Crippen molar-refractivity contribution in [3.8, 4) is 5.75 Å². The van der Waals surface area contributed by atoms with Crippen molar-refractivity contribution in [3.05, 3.63) is 29.8 Å². The van der Waals surface area contributed by atoms with Crippen molar-refractivity contribution >= 4 is 23.9 Å². The minimum absolute atomic E-state index is 0.105. The molecule has 2 unspecified atom stereocenters. The second kappa shape index (κ2) is 13.4. The van der Waals surface area contributed by atoms with Gasteiger partial charge in [0.1, 0.15) is 30.0 Å². The molecule has 4 N–H and O–H groups in total. The quantitative estimate of drug-likeness (QED) is 0.344. The summed E-state index contributed by atoms with van der Waals surface area (Å²) >= 11 is 0. The Morgan fingerprint density at radius 3 is 2.38 bits per heavy atom. The average Bonchev–Trinajstić information content (AvgIpc) is 2.76. The lowest BCUT2D eigenvalue weighted by Crippen LogP contribution is -2.54. The molecule has 0 radical (unpaired) electrons. The summed E-state index contributed by atoms with van der Waals surface area (Å²) in [6.07, 6.45) is 0.291.